The van der Waals surface area contributed by atoms with Crippen molar-refractivity contribution in [2.24, 2.45) is 0 Å². The van der Waals surface area contributed by atoms with Gasteiger partial charge in [0.2, 0.25) is 5.91 Å². The normalized spacial score (nSPS) is 15.8. The van der Waals surface area contributed by atoms with Gasteiger partial charge in [0, 0.05) is 26.1 Å². The fraction of sp³-hybridized carbons (Fsp3) is 0.261. The fourth-order valence-electron chi connectivity index (χ4n) is 3.91. The third-order valence-electron chi connectivity index (χ3n) is 5.61. The molecule has 2 heterocycles. The van der Waals surface area contributed by atoms with E-state index in [9.17, 15) is 18.4 Å². The average Bonchev–Trinajstić information content (AvgIpc) is 2.82. The number of amides is 2. The highest BCUT2D eigenvalue weighted by molar-refractivity contribution is 6.00. The maximum atomic E-state index is 13.9. The zero-order valence-corrected chi connectivity index (χ0v) is 17.9. The van der Waals surface area contributed by atoms with Crippen molar-refractivity contribution in [2.75, 3.05) is 19.5 Å². The maximum Gasteiger partial charge on any atom is 0.316 e. The number of carbonyl (C=O) groups excluding carboxylic acids is 2. The molecular formula is C23H21F2N5O3. The first-order valence-electron chi connectivity index (χ1n) is 10.1. The Morgan fingerprint density at radius 1 is 1.00 bits per heavy atom. The summed E-state index contributed by atoms with van der Waals surface area (Å²) in [6.07, 6.45) is 3.03. The summed E-state index contributed by atoms with van der Waals surface area (Å²) < 4.78 is 32.8. The Hall–Kier alpha value is -3.95. The molecule has 33 heavy (non-hydrogen) atoms. The number of ether oxygens (including phenoxy) is 1. The number of halogens is 2. The van der Waals surface area contributed by atoms with Gasteiger partial charge in [0.25, 0.3) is 11.8 Å². The minimum absolute atomic E-state index is 0.129. The minimum atomic E-state index is -2.93. The summed E-state index contributed by atoms with van der Waals surface area (Å²) in [6.45, 7) is 0. The molecule has 0 bridgehead atoms. The highest BCUT2D eigenvalue weighted by atomic mass is 19.3. The molecule has 0 spiro atoms. The van der Waals surface area contributed by atoms with E-state index in [0.717, 1.165) is 11.1 Å². The molecule has 0 saturated heterocycles. The van der Waals surface area contributed by atoms with Gasteiger partial charge in [-0.2, -0.15) is 0 Å². The fourth-order valence-corrected chi connectivity index (χ4v) is 3.91. The molecule has 0 aliphatic heterocycles. The first-order chi connectivity index (χ1) is 15.8. The van der Waals surface area contributed by atoms with Gasteiger partial charge < -0.3 is 15.4 Å². The van der Waals surface area contributed by atoms with Crippen LogP contribution in [0.1, 0.15) is 28.9 Å². The molecule has 1 aliphatic rings. The molecule has 0 unspecified atom stereocenters. The van der Waals surface area contributed by atoms with Gasteiger partial charge in [0.1, 0.15) is 5.69 Å². The number of anilines is 1. The molecule has 1 aromatic carbocycles. The lowest BCUT2D eigenvalue weighted by molar-refractivity contribution is -0.154. The molecule has 0 atom stereocenters. The molecule has 170 valence electrons. The van der Waals surface area contributed by atoms with Crippen molar-refractivity contribution in [3.05, 3.63) is 66.2 Å². The molecular weight excluding hydrogens is 432 g/mol. The van der Waals surface area contributed by atoms with Crippen molar-refractivity contribution >= 4 is 17.5 Å². The van der Waals surface area contributed by atoms with E-state index in [1.165, 1.54) is 32.7 Å². The molecule has 2 amide bonds. The van der Waals surface area contributed by atoms with Crippen LogP contribution in [0.3, 0.4) is 0 Å². The minimum Gasteiger partial charge on any atom is -0.467 e. The van der Waals surface area contributed by atoms with Gasteiger partial charge in [-0.3, -0.25) is 14.6 Å². The molecule has 2 N–H and O–H groups in total. The summed E-state index contributed by atoms with van der Waals surface area (Å²) in [4.78, 5) is 36.8. The highest BCUT2D eigenvalue weighted by Crippen LogP contribution is 2.54. The number of pyridine rings is 1. The van der Waals surface area contributed by atoms with Gasteiger partial charge in [0.15, 0.2) is 0 Å². The van der Waals surface area contributed by atoms with Crippen LogP contribution in [0.2, 0.25) is 0 Å². The Kier molecular flexibility index (Phi) is 5.75. The predicted molar refractivity (Wildman–Crippen MR) is 116 cm³/mol. The third-order valence-corrected chi connectivity index (χ3v) is 5.61. The molecule has 4 rings (SSSR count). The van der Waals surface area contributed by atoms with Crippen molar-refractivity contribution in [3.63, 3.8) is 0 Å². The van der Waals surface area contributed by atoms with Crippen LogP contribution in [0.4, 0.5) is 14.5 Å². The van der Waals surface area contributed by atoms with Crippen molar-refractivity contribution in [1.29, 1.82) is 0 Å². The molecule has 8 nitrogen and oxygen atoms in total. The van der Waals surface area contributed by atoms with Crippen molar-refractivity contribution in [2.45, 2.75) is 24.2 Å². The number of alkyl halides is 2. The number of hydrogen-bond acceptors (Lipinski definition) is 6. The number of aromatic nitrogens is 3. The molecule has 3 aromatic rings. The van der Waals surface area contributed by atoms with Crippen LogP contribution in [-0.2, 0) is 10.2 Å². The van der Waals surface area contributed by atoms with E-state index in [1.54, 1.807) is 36.4 Å². The van der Waals surface area contributed by atoms with E-state index in [0.29, 0.717) is 5.56 Å². The lowest BCUT2D eigenvalue weighted by atomic mass is 9.61. The molecule has 10 heteroatoms. The monoisotopic (exact) mass is 453 g/mol. The van der Waals surface area contributed by atoms with Gasteiger partial charge in [-0.1, -0.05) is 24.3 Å². The van der Waals surface area contributed by atoms with Crippen LogP contribution in [0.5, 0.6) is 6.01 Å². The van der Waals surface area contributed by atoms with Crippen molar-refractivity contribution < 1.29 is 23.1 Å². The highest BCUT2D eigenvalue weighted by Gasteiger charge is 2.61. The van der Waals surface area contributed by atoms with E-state index in [1.807, 2.05) is 0 Å². The second-order valence-corrected chi connectivity index (χ2v) is 7.79. The van der Waals surface area contributed by atoms with Gasteiger partial charge in [-0.25, -0.2) is 18.7 Å². The molecule has 2 aromatic heterocycles. The van der Waals surface area contributed by atoms with Gasteiger partial charge in [-0.05, 0) is 28.8 Å². The van der Waals surface area contributed by atoms with Crippen LogP contribution >= 0.6 is 0 Å². The van der Waals surface area contributed by atoms with Crippen LogP contribution in [0.25, 0.3) is 11.1 Å². The molecule has 1 saturated carbocycles. The van der Waals surface area contributed by atoms with E-state index >= 15 is 0 Å². The van der Waals surface area contributed by atoms with Gasteiger partial charge in [-0.15, -0.1) is 0 Å². The smallest absolute Gasteiger partial charge is 0.316 e. The molecule has 1 fully saturated rings. The topological polar surface area (TPSA) is 106 Å². The molecule has 1 aliphatic carbocycles. The summed E-state index contributed by atoms with van der Waals surface area (Å²) >= 11 is 0. The number of benzene rings is 1. The summed E-state index contributed by atoms with van der Waals surface area (Å²) in [5.74, 6) is -3.80. The number of carbonyl (C=O) groups is 2. The number of nitrogens with one attached hydrogen (secondary N) is 2. The number of nitrogens with zero attached hydrogens (tertiary/aromatic N) is 3. The Balaban J connectivity index is 1.60. The quantitative estimate of drug-likeness (QED) is 0.594. The predicted octanol–water partition coefficient (Wildman–Crippen LogP) is 3.21. The third kappa shape index (κ3) is 4.36. The van der Waals surface area contributed by atoms with E-state index in [4.69, 9.17) is 4.74 Å². The standard InChI is InChI=1S/C23H21F2N5O3/c1-26-19(31)18-9-15(7-8-27-18)14-3-5-16(6-4-14)22(12-23(24,25)13-22)20(32)30-17-10-28-21(33-2)29-11-17/h3-11H,12-13H2,1-2H3,(H,26,31)(H,30,32). The lowest BCUT2D eigenvalue weighted by Crippen LogP contribution is -2.56. The average molecular weight is 453 g/mol. The Morgan fingerprint density at radius 2 is 1.67 bits per heavy atom. The van der Waals surface area contributed by atoms with E-state index in [-0.39, 0.29) is 23.3 Å². The zero-order valence-electron chi connectivity index (χ0n) is 17.9. The van der Waals surface area contributed by atoms with E-state index in [2.05, 4.69) is 25.6 Å². The Bertz CT molecular complexity index is 1180. The number of hydrogen-bond donors (Lipinski definition) is 2. The lowest BCUT2D eigenvalue weighted by Gasteiger charge is -2.46. The second kappa shape index (κ2) is 8.53. The Labute approximate surface area is 188 Å². The Morgan fingerprint density at radius 3 is 2.24 bits per heavy atom. The van der Waals surface area contributed by atoms with Crippen LogP contribution in [-0.4, -0.2) is 46.8 Å². The first kappa shape index (κ1) is 22.3. The van der Waals surface area contributed by atoms with Gasteiger partial charge in [0.05, 0.1) is 30.6 Å². The largest absolute Gasteiger partial charge is 0.467 e. The SMILES string of the molecule is CNC(=O)c1cc(-c2ccc(C3(C(=O)Nc4cnc(OC)nc4)CC(F)(F)C3)cc2)ccn1. The van der Waals surface area contributed by atoms with Crippen LogP contribution in [0, 0.1) is 0 Å². The van der Waals surface area contributed by atoms with Crippen LogP contribution in [0.15, 0.2) is 55.0 Å². The molecule has 0 radical (unpaired) electrons. The first-order valence-corrected chi connectivity index (χ1v) is 10.1. The van der Waals surface area contributed by atoms with Crippen molar-refractivity contribution in [1.82, 2.24) is 20.3 Å². The summed E-state index contributed by atoms with van der Waals surface area (Å²) in [6, 6.07) is 10.3. The summed E-state index contributed by atoms with van der Waals surface area (Å²) in [7, 11) is 2.93. The zero-order chi connectivity index (χ0) is 23.6. The van der Waals surface area contributed by atoms with E-state index < -0.39 is 30.1 Å². The number of rotatable bonds is 6. The maximum absolute atomic E-state index is 13.9. The summed E-state index contributed by atoms with van der Waals surface area (Å²) in [5.41, 5.74) is 1.14. The van der Waals surface area contributed by atoms with Gasteiger partial charge >= 0.3 is 6.01 Å². The number of methoxy groups -OCH3 is 1. The van der Waals surface area contributed by atoms with Crippen LogP contribution < -0.4 is 15.4 Å². The second-order valence-electron chi connectivity index (χ2n) is 7.79. The van der Waals surface area contributed by atoms with Crippen molar-refractivity contribution in [3.8, 4) is 17.1 Å². The summed E-state index contributed by atoms with van der Waals surface area (Å²) in [5, 5.41) is 5.16.